The molecule has 0 spiro atoms. The molecule has 0 bridgehead atoms. The molecule has 0 N–H and O–H groups in total. The van der Waals surface area contributed by atoms with E-state index in [9.17, 15) is 4.57 Å². The number of fused-ring (bicyclic) bond motifs is 1. The van der Waals surface area contributed by atoms with E-state index in [2.05, 4.69) is 5.10 Å². The molecule has 1 aromatic carbocycles. The molecule has 0 aliphatic carbocycles. The molecule has 2 rings (SSSR count). The van der Waals surface area contributed by atoms with Crippen molar-refractivity contribution in [1.82, 2.24) is 5.10 Å². The van der Waals surface area contributed by atoms with E-state index in [1.54, 1.807) is 4.68 Å². The Kier molecular flexibility index (Phi) is 5.24. The summed E-state index contributed by atoms with van der Waals surface area (Å²) in [6.45, 7) is 4.89. The predicted molar refractivity (Wildman–Crippen MR) is 77.7 cm³/mol. The second kappa shape index (κ2) is 6.93. The summed E-state index contributed by atoms with van der Waals surface area (Å²) in [4.78, 5) is 0. The molecule has 2 aromatic rings. The highest BCUT2D eigenvalue weighted by molar-refractivity contribution is 7.53. The monoisotopic (exact) mass is 295 g/mol. The number of aryl methyl sites for hydroxylation is 1. The fourth-order valence-electron chi connectivity index (χ4n) is 1.97. The SMILES string of the molecule is CCOP(=O)(CC[n+]1ccc2ccccc2n1)OCC. The molecule has 1 aromatic heterocycles. The van der Waals surface area contributed by atoms with Crippen molar-refractivity contribution < 1.29 is 18.3 Å². The van der Waals surface area contributed by atoms with Crippen molar-refractivity contribution >= 4 is 18.5 Å². The zero-order valence-electron chi connectivity index (χ0n) is 11.9. The minimum Gasteiger partial charge on any atom is -0.309 e. The fourth-order valence-corrected chi connectivity index (χ4v) is 3.54. The van der Waals surface area contributed by atoms with Crippen LogP contribution in [0.1, 0.15) is 13.8 Å². The fraction of sp³-hybridized carbons (Fsp3) is 0.429. The molecule has 108 valence electrons. The van der Waals surface area contributed by atoms with Crippen molar-refractivity contribution in [3.63, 3.8) is 0 Å². The average Bonchev–Trinajstić information content (AvgIpc) is 2.46. The van der Waals surface area contributed by atoms with E-state index in [1.807, 2.05) is 50.4 Å². The Labute approximate surface area is 119 Å². The summed E-state index contributed by atoms with van der Waals surface area (Å²) in [5.41, 5.74) is 0.914. The van der Waals surface area contributed by atoms with Crippen LogP contribution in [0.25, 0.3) is 10.9 Å². The quantitative estimate of drug-likeness (QED) is 0.582. The van der Waals surface area contributed by atoms with Gasteiger partial charge in [-0.3, -0.25) is 4.57 Å². The third-order valence-electron chi connectivity index (χ3n) is 2.85. The van der Waals surface area contributed by atoms with Gasteiger partial charge in [-0.05, 0) is 19.9 Å². The average molecular weight is 295 g/mol. The molecule has 0 saturated heterocycles. The van der Waals surface area contributed by atoms with Crippen LogP contribution in [0.3, 0.4) is 0 Å². The van der Waals surface area contributed by atoms with E-state index in [0.29, 0.717) is 25.9 Å². The minimum atomic E-state index is -3.01. The Morgan fingerprint density at radius 1 is 1.15 bits per heavy atom. The maximum Gasteiger partial charge on any atom is 0.337 e. The van der Waals surface area contributed by atoms with E-state index in [-0.39, 0.29) is 0 Å². The smallest absolute Gasteiger partial charge is 0.309 e. The molecule has 0 amide bonds. The lowest BCUT2D eigenvalue weighted by atomic mass is 10.2. The van der Waals surface area contributed by atoms with Crippen LogP contribution in [0.5, 0.6) is 0 Å². The number of benzene rings is 1. The maximum atomic E-state index is 12.4. The van der Waals surface area contributed by atoms with Crippen molar-refractivity contribution in [3.8, 4) is 0 Å². The van der Waals surface area contributed by atoms with Crippen LogP contribution in [0.4, 0.5) is 0 Å². The molecule has 0 fully saturated rings. The van der Waals surface area contributed by atoms with Gasteiger partial charge in [0, 0.05) is 16.6 Å². The van der Waals surface area contributed by atoms with E-state index in [4.69, 9.17) is 9.05 Å². The Bertz CT molecular complexity index is 608. The van der Waals surface area contributed by atoms with Gasteiger partial charge in [-0.1, -0.05) is 22.9 Å². The summed E-state index contributed by atoms with van der Waals surface area (Å²) in [5.74, 6) is 0. The Balaban J connectivity index is 2.09. The normalized spacial score (nSPS) is 11.9. The molecule has 0 radical (unpaired) electrons. The van der Waals surface area contributed by atoms with Crippen molar-refractivity contribution in [2.24, 2.45) is 0 Å². The van der Waals surface area contributed by atoms with Gasteiger partial charge in [-0.2, -0.15) is 0 Å². The third-order valence-corrected chi connectivity index (χ3v) is 4.90. The lowest BCUT2D eigenvalue weighted by Crippen LogP contribution is -2.39. The lowest BCUT2D eigenvalue weighted by molar-refractivity contribution is -0.747. The van der Waals surface area contributed by atoms with Crippen LogP contribution in [0.2, 0.25) is 0 Å². The molecule has 6 heteroatoms. The van der Waals surface area contributed by atoms with Gasteiger partial charge in [0.25, 0.3) is 0 Å². The van der Waals surface area contributed by atoms with Crippen LogP contribution >= 0.6 is 7.60 Å². The topological polar surface area (TPSA) is 52.3 Å². The molecule has 20 heavy (non-hydrogen) atoms. The van der Waals surface area contributed by atoms with Gasteiger partial charge in [0.2, 0.25) is 0 Å². The summed E-state index contributed by atoms with van der Waals surface area (Å²) in [6, 6.07) is 9.89. The summed E-state index contributed by atoms with van der Waals surface area (Å²) in [5, 5.41) is 5.57. The van der Waals surface area contributed by atoms with Crippen LogP contribution in [-0.2, 0) is 20.2 Å². The molecule has 5 nitrogen and oxygen atoms in total. The molecule has 0 aliphatic heterocycles. The van der Waals surface area contributed by atoms with Crippen molar-refractivity contribution in [3.05, 3.63) is 36.5 Å². The molecule has 0 saturated carbocycles. The standard InChI is InChI=1S/C14H20N2O3P/c1-3-18-20(17,19-4-2)12-11-16-10-9-13-7-5-6-8-14(13)15-16/h5-10H,3-4,11-12H2,1-2H3/q+1. The van der Waals surface area contributed by atoms with E-state index in [1.165, 1.54) is 0 Å². The Morgan fingerprint density at radius 3 is 2.55 bits per heavy atom. The predicted octanol–water partition coefficient (Wildman–Crippen LogP) is 2.79. The molecule has 0 atom stereocenters. The highest BCUT2D eigenvalue weighted by Crippen LogP contribution is 2.47. The minimum absolute atomic E-state index is 0.324. The number of nitrogens with zero attached hydrogens (tertiary/aromatic N) is 2. The summed E-state index contributed by atoms with van der Waals surface area (Å²) in [6.07, 6.45) is 2.20. The van der Waals surface area contributed by atoms with Crippen LogP contribution in [-0.4, -0.2) is 24.5 Å². The molecule has 1 heterocycles. The second-order valence-corrected chi connectivity index (χ2v) is 6.49. The summed E-state index contributed by atoms with van der Waals surface area (Å²) >= 11 is 0. The second-order valence-electron chi connectivity index (χ2n) is 4.31. The number of aromatic nitrogens is 2. The van der Waals surface area contributed by atoms with Gasteiger partial charge in [0.1, 0.15) is 11.7 Å². The van der Waals surface area contributed by atoms with Gasteiger partial charge in [-0.25, -0.2) is 0 Å². The van der Waals surface area contributed by atoms with Crippen molar-refractivity contribution in [2.45, 2.75) is 20.4 Å². The first kappa shape index (κ1) is 15.1. The Hall–Kier alpha value is -1.29. The van der Waals surface area contributed by atoms with Crippen molar-refractivity contribution in [1.29, 1.82) is 0 Å². The summed E-state index contributed by atoms with van der Waals surface area (Å²) < 4.78 is 24.7. The van der Waals surface area contributed by atoms with Crippen LogP contribution in [0, 0.1) is 0 Å². The third kappa shape index (κ3) is 3.85. The van der Waals surface area contributed by atoms with Gasteiger partial charge >= 0.3 is 7.60 Å². The van der Waals surface area contributed by atoms with Crippen molar-refractivity contribution in [2.75, 3.05) is 19.4 Å². The summed E-state index contributed by atoms with van der Waals surface area (Å²) in [7, 11) is -3.01. The molecular formula is C14H20N2O3P+. The van der Waals surface area contributed by atoms with Gasteiger partial charge < -0.3 is 9.05 Å². The molecule has 0 aliphatic rings. The van der Waals surface area contributed by atoms with E-state index < -0.39 is 7.60 Å². The number of hydrogen-bond acceptors (Lipinski definition) is 4. The zero-order valence-corrected chi connectivity index (χ0v) is 12.8. The highest BCUT2D eigenvalue weighted by atomic mass is 31.2. The first-order chi connectivity index (χ1) is 9.67. The van der Waals surface area contributed by atoms with Crippen LogP contribution in [0.15, 0.2) is 36.5 Å². The first-order valence-electron chi connectivity index (χ1n) is 6.80. The highest BCUT2D eigenvalue weighted by Gasteiger charge is 2.25. The largest absolute Gasteiger partial charge is 0.337 e. The number of rotatable bonds is 7. The molecule has 0 unspecified atom stereocenters. The maximum absolute atomic E-state index is 12.4. The van der Waals surface area contributed by atoms with E-state index >= 15 is 0 Å². The zero-order chi connectivity index (χ0) is 14.4. The lowest BCUT2D eigenvalue weighted by Gasteiger charge is -2.14. The van der Waals surface area contributed by atoms with E-state index in [0.717, 1.165) is 10.9 Å². The van der Waals surface area contributed by atoms with Gasteiger partial charge in [0.05, 0.1) is 13.2 Å². The Morgan fingerprint density at radius 2 is 1.85 bits per heavy atom. The van der Waals surface area contributed by atoms with Gasteiger partial charge in [-0.15, -0.1) is 0 Å². The van der Waals surface area contributed by atoms with Gasteiger partial charge in [0.15, 0.2) is 12.7 Å². The first-order valence-corrected chi connectivity index (χ1v) is 8.53. The molecular weight excluding hydrogens is 275 g/mol. The van der Waals surface area contributed by atoms with Crippen LogP contribution < -0.4 is 4.68 Å². The number of hydrogen-bond donors (Lipinski definition) is 0.